The van der Waals surface area contributed by atoms with E-state index in [4.69, 9.17) is 0 Å². The Morgan fingerprint density at radius 2 is 1.70 bits per heavy atom. The van der Waals surface area contributed by atoms with Crippen LogP contribution in [0.5, 0.6) is 0 Å². The van der Waals surface area contributed by atoms with E-state index in [2.05, 4.69) is 24.5 Å². The minimum absolute atomic E-state index is 0.232. The van der Waals surface area contributed by atoms with Gasteiger partial charge >= 0.3 is 12.0 Å². The Morgan fingerprint density at radius 3 is 2.20 bits per heavy atom. The number of amides is 2. The maximum absolute atomic E-state index is 11.7. The lowest BCUT2D eigenvalue weighted by Crippen LogP contribution is -2.46. The number of carbonyl (C=O) groups is 2. The number of hydrogen-bond donors (Lipinski definition) is 3. The Balaban J connectivity index is 2.42. The van der Waals surface area contributed by atoms with Crippen LogP contribution in [0, 0.1) is 11.3 Å². The number of aliphatic carboxylic acids is 1. The molecule has 0 atom stereocenters. The van der Waals surface area contributed by atoms with Gasteiger partial charge in [0.15, 0.2) is 0 Å². The van der Waals surface area contributed by atoms with Crippen LogP contribution in [0.15, 0.2) is 0 Å². The van der Waals surface area contributed by atoms with Crippen LogP contribution >= 0.6 is 0 Å². The van der Waals surface area contributed by atoms with Gasteiger partial charge in [0.2, 0.25) is 0 Å². The van der Waals surface area contributed by atoms with E-state index in [9.17, 15) is 14.7 Å². The van der Waals surface area contributed by atoms with Gasteiger partial charge in [-0.3, -0.25) is 4.79 Å². The van der Waals surface area contributed by atoms with Gasteiger partial charge < -0.3 is 15.7 Å². The highest BCUT2D eigenvalue weighted by Gasteiger charge is 2.38. The van der Waals surface area contributed by atoms with Crippen LogP contribution in [0.25, 0.3) is 0 Å². The zero-order valence-corrected chi connectivity index (χ0v) is 12.7. The summed E-state index contributed by atoms with van der Waals surface area (Å²) in [6.45, 7) is 5.06. The molecular weight excluding hydrogens is 256 g/mol. The third-order valence-corrected chi connectivity index (χ3v) is 4.11. The number of carboxylic acids is 1. The molecular formula is C15H28N2O3. The van der Waals surface area contributed by atoms with Gasteiger partial charge in [-0.2, -0.15) is 0 Å². The molecule has 1 saturated carbocycles. The summed E-state index contributed by atoms with van der Waals surface area (Å²) in [5.41, 5.74) is -0.772. The lowest BCUT2D eigenvalue weighted by atomic mass is 9.80. The zero-order chi connectivity index (χ0) is 15.0. The number of rotatable bonds is 6. The average Bonchev–Trinajstić information content (AvgIpc) is 2.62. The monoisotopic (exact) mass is 284 g/mol. The molecule has 0 aromatic carbocycles. The molecule has 1 aliphatic carbocycles. The van der Waals surface area contributed by atoms with Crippen LogP contribution in [0.2, 0.25) is 0 Å². The van der Waals surface area contributed by atoms with Crippen molar-refractivity contribution in [2.75, 3.05) is 13.1 Å². The first-order valence-corrected chi connectivity index (χ1v) is 7.71. The molecule has 0 saturated heterocycles. The van der Waals surface area contributed by atoms with Crippen LogP contribution in [0.4, 0.5) is 4.79 Å². The smallest absolute Gasteiger partial charge is 0.314 e. The van der Waals surface area contributed by atoms with Gasteiger partial charge in [0.25, 0.3) is 0 Å². The molecule has 2 amide bonds. The summed E-state index contributed by atoms with van der Waals surface area (Å²) in [5, 5.41) is 15.0. The van der Waals surface area contributed by atoms with Crippen LogP contribution in [0.1, 0.15) is 58.8 Å². The number of urea groups is 1. The Bertz CT molecular complexity index is 321. The van der Waals surface area contributed by atoms with E-state index in [0.717, 1.165) is 32.1 Å². The van der Waals surface area contributed by atoms with E-state index in [-0.39, 0.29) is 12.6 Å². The van der Waals surface area contributed by atoms with E-state index in [1.807, 2.05) is 0 Å². The van der Waals surface area contributed by atoms with Crippen LogP contribution in [0.3, 0.4) is 0 Å². The van der Waals surface area contributed by atoms with Crippen molar-refractivity contribution >= 4 is 12.0 Å². The Morgan fingerprint density at radius 1 is 1.10 bits per heavy atom. The standard InChI is InChI=1S/C15H28N2O3/c1-12(2)7-10-16-14(20)17-11-15(13(18)19)8-5-3-4-6-9-15/h12H,3-11H2,1-2H3,(H,18,19)(H2,16,17,20). The van der Waals surface area contributed by atoms with Crippen LogP contribution in [-0.2, 0) is 4.79 Å². The fourth-order valence-electron chi connectivity index (χ4n) is 2.66. The Hall–Kier alpha value is -1.26. The summed E-state index contributed by atoms with van der Waals surface area (Å²) in [6, 6.07) is -0.254. The molecule has 5 heteroatoms. The maximum atomic E-state index is 11.7. The Kier molecular flexibility index (Phi) is 6.82. The van der Waals surface area contributed by atoms with Gasteiger partial charge in [-0.05, 0) is 25.2 Å². The topological polar surface area (TPSA) is 78.4 Å². The third kappa shape index (κ3) is 5.39. The van der Waals surface area contributed by atoms with Crippen molar-refractivity contribution in [1.29, 1.82) is 0 Å². The number of carbonyl (C=O) groups excluding carboxylic acids is 1. The van der Waals surface area contributed by atoms with Gasteiger partial charge in [-0.15, -0.1) is 0 Å². The first kappa shape index (κ1) is 16.8. The van der Waals surface area contributed by atoms with Crippen molar-refractivity contribution in [2.45, 2.75) is 58.8 Å². The zero-order valence-electron chi connectivity index (χ0n) is 12.7. The van der Waals surface area contributed by atoms with Crippen molar-refractivity contribution in [3.05, 3.63) is 0 Å². The molecule has 20 heavy (non-hydrogen) atoms. The maximum Gasteiger partial charge on any atom is 0.314 e. The lowest BCUT2D eigenvalue weighted by Gasteiger charge is -2.28. The predicted octanol–water partition coefficient (Wildman–Crippen LogP) is 2.76. The van der Waals surface area contributed by atoms with E-state index in [1.54, 1.807) is 0 Å². The van der Waals surface area contributed by atoms with Crippen LogP contribution < -0.4 is 10.6 Å². The second-order valence-electron chi connectivity index (χ2n) is 6.29. The number of carboxylic acid groups (broad SMARTS) is 1. The Labute approximate surface area is 121 Å². The first-order chi connectivity index (χ1) is 9.46. The second kappa shape index (κ2) is 8.12. The average molecular weight is 284 g/mol. The summed E-state index contributed by atoms with van der Waals surface area (Å²) in [7, 11) is 0. The minimum atomic E-state index is -0.776. The highest BCUT2D eigenvalue weighted by molar-refractivity contribution is 5.78. The molecule has 0 spiro atoms. The molecule has 1 rings (SSSR count). The van der Waals surface area contributed by atoms with Gasteiger partial charge in [-0.25, -0.2) is 4.79 Å². The summed E-state index contributed by atoms with van der Waals surface area (Å²) in [5.74, 6) is -0.232. The fraction of sp³-hybridized carbons (Fsp3) is 0.867. The molecule has 1 aliphatic rings. The molecule has 0 aromatic rings. The van der Waals surface area contributed by atoms with Gasteiger partial charge in [0, 0.05) is 13.1 Å². The van der Waals surface area contributed by atoms with E-state index in [1.165, 1.54) is 0 Å². The third-order valence-electron chi connectivity index (χ3n) is 4.11. The molecule has 116 valence electrons. The molecule has 5 nitrogen and oxygen atoms in total. The summed E-state index contributed by atoms with van der Waals surface area (Å²) in [6.07, 6.45) is 6.30. The molecule has 0 bridgehead atoms. The number of nitrogens with one attached hydrogen (secondary N) is 2. The van der Waals surface area contributed by atoms with Gasteiger partial charge in [0.05, 0.1) is 5.41 Å². The van der Waals surface area contributed by atoms with Crippen molar-refractivity contribution < 1.29 is 14.7 Å². The van der Waals surface area contributed by atoms with Crippen molar-refractivity contribution in [1.82, 2.24) is 10.6 Å². The molecule has 3 N–H and O–H groups in total. The largest absolute Gasteiger partial charge is 0.481 e. The summed E-state index contributed by atoms with van der Waals surface area (Å²) in [4.78, 5) is 23.3. The molecule has 0 aromatic heterocycles. The lowest BCUT2D eigenvalue weighted by molar-refractivity contribution is -0.149. The highest BCUT2D eigenvalue weighted by atomic mass is 16.4. The normalized spacial score (nSPS) is 18.4. The molecule has 0 heterocycles. The van der Waals surface area contributed by atoms with E-state index < -0.39 is 11.4 Å². The minimum Gasteiger partial charge on any atom is -0.481 e. The van der Waals surface area contributed by atoms with Crippen molar-refractivity contribution in [3.63, 3.8) is 0 Å². The summed E-state index contributed by atoms with van der Waals surface area (Å²) >= 11 is 0. The molecule has 0 unspecified atom stereocenters. The molecule has 1 fully saturated rings. The SMILES string of the molecule is CC(C)CCNC(=O)NCC1(C(=O)O)CCCCCC1. The second-order valence-corrected chi connectivity index (χ2v) is 6.29. The molecule has 0 aliphatic heterocycles. The van der Waals surface area contributed by atoms with Crippen molar-refractivity contribution in [2.24, 2.45) is 11.3 Å². The van der Waals surface area contributed by atoms with Crippen LogP contribution in [-0.4, -0.2) is 30.2 Å². The fourth-order valence-corrected chi connectivity index (χ4v) is 2.66. The predicted molar refractivity (Wildman–Crippen MR) is 78.6 cm³/mol. The van der Waals surface area contributed by atoms with E-state index >= 15 is 0 Å². The highest BCUT2D eigenvalue weighted by Crippen LogP contribution is 2.34. The number of hydrogen-bond acceptors (Lipinski definition) is 2. The molecule has 0 radical (unpaired) electrons. The van der Waals surface area contributed by atoms with Gasteiger partial charge in [-0.1, -0.05) is 39.5 Å². The van der Waals surface area contributed by atoms with Gasteiger partial charge in [0.1, 0.15) is 0 Å². The summed E-state index contributed by atoms with van der Waals surface area (Å²) < 4.78 is 0. The van der Waals surface area contributed by atoms with Crippen molar-refractivity contribution in [3.8, 4) is 0 Å². The first-order valence-electron chi connectivity index (χ1n) is 7.71. The van der Waals surface area contributed by atoms with E-state index in [0.29, 0.717) is 25.3 Å². The quantitative estimate of drug-likeness (QED) is 0.656.